The van der Waals surface area contributed by atoms with E-state index in [-0.39, 0.29) is 17.4 Å². The van der Waals surface area contributed by atoms with E-state index in [4.69, 9.17) is 11.6 Å². The van der Waals surface area contributed by atoms with Crippen molar-refractivity contribution < 1.29 is 9.72 Å². The average molecular weight is 256 g/mol. The third-order valence-electron chi connectivity index (χ3n) is 2.63. The van der Waals surface area contributed by atoms with Crippen LogP contribution in [0.1, 0.15) is 32.3 Å². The van der Waals surface area contributed by atoms with Crippen LogP contribution in [0, 0.1) is 16.0 Å². The van der Waals surface area contributed by atoms with Crippen molar-refractivity contribution in [1.29, 1.82) is 0 Å². The number of carbonyl (C=O) groups excluding carboxylic acids is 1. The van der Waals surface area contributed by atoms with Gasteiger partial charge in [-0.25, -0.2) is 0 Å². The number of rotatable bonds is 4. The largest absolute Gasteiger partial charge is 0.299 e. The van der Waals surface area contributed by atoms with Crippen molar-refractivity contribution in [2.75, 3.05) is 0 Å². The molecule has 0 spiro atoms. The zero-order chi connectivity index (χ0) is 13.2. The first kappa shape index (κ1) is 13.6. The molecule has 0 aliphatic rings. The van der Waals surface area contributed by atoms with Gasteiger partial charge < -0.3 is 0 Å². The van der Waals surface area contributed by atoms with Crippen LogP contribution in [0.3, 0.4) is 0 Å². The van der Waals surface area contributed by atoms with Crippen LogP contribution in [-0.2, 0) is 4.79 Å². The van der Waals surface area contributed by atoms with Gasteiger partial charge in [0.15, 0.2) is 0 Å². The second-order valence-electron chi connectivity index (χ2n) is 4.29. The average Bonchev–Trinajstić information content (AvgIpc) is 2.15. The molecule has 1 aromatic rings. The minimum Gasteiger partial charge on any atom is -0.299 e. The maximum Gasteiger partial charge on any atom is 0.273 e. The summed E-state index contributed by atoms with van der Waals surface area (Å²) in [7, 11) is 0. The first-order chi connectivity index (χ1) is 7.84. The second kappa shape index (κ2) is 5.27. The number of Topliss-reactive ketones (excluding diaryl/α,β-unsaturated/α-hetero) is 1. The van der Waals surface area contributed by atoms with Gasteiger partial charge in [-0.1, -0.05) is 25.4 Å². The summed E-state index contributed by atoms with van der Waals surface area (Å²) in [6.45, 7) is 5.16. The Labute approximate surface area is 105 Å². The zero-order valence-corrected chi connectivity index (χ0v) is 10.7. The van der Waals surface area contributed by atoms with Crippen LogP contribution in [0.15, 0.2) is 18.2 Å². The van der Waals surface area contributed by atoms with Crippen molar-refractivity contribution in [2.45, 2.75) is 26.7 Å². The topological polar surface area (TPSA) is 60.2 Å². The van der Waals surface area contributed by atoms with E-state index in [0.29, 0.717) is 10.6 Å². The normalized spacial score (nSPS) is 12.5. The molecule has 5 heteroatoms. The summed E-state index contributed by atoms with van der Waals surface area (Å²) in [5.74, 6) is -0.593. The van der Waals surface area contributed by atoms with Gasteiger partial charge in [0.05, 0.1) is 10.8 Å². The fraction of sp³-hybridized carbons (Fsp3) is 0.417. The minimum absolute atomic E-state index is 0.00957. The molecule has 0 aliphatic heterocycles. The lowest BCUT2D eigenvalue weighted by Gasteiger charge is -2.18. The predicted octanol–water partition coefficient (Wildman–Crippen LogP) is 3.58. The number of benzene rings is 1. The van der Waals surface area contributed by atoms with Crippen LogP contribution in [0.2, 0.25) is 5.02 Å². The number of carbonyl (C=O) groups is 1. The summed E-state index contributed by atoms with van der Waals surface area (Å²) in [6, 6.07) is 4.31. The summed E-state index contributed by atoms with van der Waals surface area (Å²) in [5, 5.41) is 11.3. The summed E-state index contributed by atoms with van der Waals surface area (Å²) >= 11 is 5.84. The monoisotopic (exact) mass is 255 g/mol. The first-order valence-corrected chi connectivity index (χ1v) is 5.66. The van der Waals surface area contributed by atoms with E-state index in [1.807, 2.05) is 13.8 Å². The van der Waals surface area contributed by atoms with E-state index >= 15 is 0 Å². The lowest BCUT2D eigenvalue weighted by molar-refractivity contribution is -0.385. The molecule has 92 valence electrons. The molecule has 17 heavy (non-hydrogen) atoms. The molecule has 1 rings (SSSR count). The van der Waals surface area contributed by atoms with Gasteiger partial charge in [0.25, 0.3) is 5.69 Å². The van der Waals surface area contributed by atoms with E-state index < -0.39 is 10.8 Å². The van der Waals surface area contributed by atoms with Gasteiger partial charge in [-0.15, -0.1) is 0 Å². The predicted molar refractivity (Wildman–Crippen MR) is 66.4 cm³/mol. The molecule has 0 amide bonds. The Morgan fingerprint density at radius 1 is 1.41 bits per heavy atom. The van der Waals surface area contributed by atoms with Gasteiger partial charge in [0.1, 0.15) is 5.78 Å². The maximum absolute atomic E-state index is 11.6. The third-order valence-corrected chi connectivity index (χ3v) is 2.86. The van der Waals surface area contributed by atoms with Gasteiger partial charge in [-0.2, -0.15) is 0 Å². The molecule has 1 atom stereocenters. The van der Waals surface area contributed by atoms with Crippen molar-refractivity contribution in [2.24, 2.45) is 5.92 Å². The summed E-state index contributed by atoms with van der Waals surface area (Å²) in [6.07, 6.45) is 0. The Hall–Kier alpha value is -1.42. The number of hydrogen-bond donors (Lipinski definition) is 0. The molecule has 0 fully saturated rings. The molecule has 0 radical (unpaired) electrons. The third kappa shape index (κ3) is 3.03. The standard InChI is InChI=1S/C12H14ClNO3/c1-7(2)12(8(3)15)10-6-9(13)4-5-11(10)14(16)17/h4-7,12H,1-3H3. The number of halogens is 1. The minimum atomic E-state index is -0.492. The SMILES string of the molecule is CC(=O)C(c1cc(Cl)ccc1[N+](=O)[O-])C(C)C. The molecule has 1 aromatic carbocycles. The van der Waals surface area contributed by atoms with Crippen molar-refractivity contribution in [1.82, 2.24) is 0 Å². The van der Waals surface area contributed by atoms with Crippen molar-refractivity contribution in [3.63, 3.8) is 0 Å². The number of nitro groups is 1. The van der Waals surface area contributed by atoms with Crippen molar-refractivity contribution >= 4 is 23.1 Å². The van der Waals surface area contributed by atoms with Crippen LogP contribution in [0.25, 0.3) is 0 Å². The molecule has 0 saturated heterocycles. The van der Waals surface area contributed by atoms with E-state index in [9.17, 15) is 14.9 Å². The lowest BCUT2D eigenvalue weighted by Crippen LogP contribution is -2.16. The Morgan fingerprint density at radius 2 is 2.00 bits per heavy atom. The Balaban J connectivity index is 3.40. The van der Waals surface area contributed by atoms with Crippen LogP contribution >= 0.6 is 11.6 Å². The van der Waals surface area contributed by atoms with Crippen LogP contribution < -0.4 is 0 Å². The van der Waals surface area contributed by atoms with Gasteiger partial charge in [0.2, 0.25) is 0 Å². The molecule has 1 unspecified atom stereocenters. The zero-order valence-electron chi connectivity index (χ0n) is 9.94. The molecular formula is C12H14ClNO3. The molecule has 0 N–H and O–H groups in total. The number of nitrogens with zero attached hydrogens (tertiary/aromatic N) is 1. The Kier molecular flexibility index (Phi) is 4.23. The first-order valence-electron chi connectivity index (χ1n) is 5.29. The van der Waals surface area contributed by atoms with Gasteiger partial charge >= 0.3 is 0 Å². The van der Waals surface area contributed by atoms with Crippen molar-refractivity contribution in [3.05, 3.63) is 38.9 Å². The molecule has 0 saturated carbocycles. The van der Waals surface area contributed by atoms with Crippen molar-refractivity contribution in [3.8, 4) is 0 Å². The lowest BCUT2D eigenvalue weighted by atomic mass is 9.84. The summed E-state index contributed by atoms with van der Waals surface area (Å²) in [5.41, 5.74) is 0.341. The van der Waals surface area contributed by atoms with E-state index in [1.54, 1.807) is 0 Å². The number of ketones is 1. The highest BCUT2D eigenvalue weighted by Crippen LogP contribution is 2.34. The van der Waals surface area contributed by atoms with Gasteiger partial charge in [-0.3, -0.25) is 14.9 Å². The molecule has 0 aliphatic carbocycles. The molecule has 0 aromatic heterocycles. The smallest absolute Gasteiger partial charge is 0.273 e. The number of nitro benzene ring substituents is 1. The molecule has 0 bridgehead atoms. The van der Waals surface area contributed by atoms with Crippen LogP contribution in [0.4, 0.5) is 5.69 Å². The number of hydrogen-bond acceptors (Lipinski definition) is 3. The fourth-order valence-electron chi connectivity index (χ4n) is 1.99. The Morgan fingerprint density at radius 3 is 2.41 bits per heavy atom. The van der Waals surface area contributed by atoms with E-state index in [0.717, 1.165) is 0 Å². The van der Waals surface area contributed by atoms with Gasteiger partial charge in [-0.05, 0) is 25.0 Å². The summed E-state index contributed by atoms with van der Waals surface area (Å²) in [4.78, 5) is 22.1. The highest BCUT2D eigenvalue weighted by molar-refractivity contribution is 6.30. The quantitative estimate of drug-likeness (QED) is 0.610. The van der Waals surface area contributed by atoms with Crippen LogP contribution in [0.5, 0.6) is 0 Å². The molecular weight excluding hydrogens is 242 g/mol. The second-order valence-corrected chi connectivity index (χ2v) is 4.73. The highest BCUT2D eigenvalue weighted by Gasteiger charge is 2.28. The fourth-order valence-corrected chi connectivity index (χ4v) is 2.17. The molecule has 0 heterocycles. The van der Waals surface area contributed by atoms with Gasteiger partial charge in [0, 0.05) is 16.7 Å². The highest BCUT2D eigenvalue weighted by atomic mass is 35.5. The summed E-state index contributed by atoms with van der Waals surface area (Å²) < 4.78 is 0. The van der Waals surface area contributed by atoms with Crippen LogP contribution in [-0.4, -0.2) is 10.7 Å². The maximum atomic E-state index is 11.6. The van der Waals surface area contributed by atoms with E-state index in [1.165, 1.54) is 25.1 Å². The van der Waals surface area contributed by atoms with E-state index in [2.05, 4.69) is 0 Å². The Bertz CT molecular complexity index is 457. The molecule has 4 nitrogen and oxygen atoms in total.